The lowest BCUT2D eigenvalue weighted by Crippen LogP contribution is -2.45. The van der Waals surface area contributed by atoms with Crippen molar-refractivity contribution in [2.75, 3.05) is 26.6 Å². The molecule has 0 unspecified atom stereocenters. The fraction of sp³-hybridized carbons (Fsp3) is 0.500. The van der Waals surface area contributed by atoms with E-state index in [9.17, 15) is 19.2 Å². The third kappa shape index (κ3) is 9.63. The number of amides is 2. The molecule has 2 amide bonds. The first-order chi connectivity index (χ1) is 19.8. The van der Waals surface area contributed by atoms with Gasteiger partial charge >= 0.3 is 18.0 Å². The van der Waals surface area contributed by atoms with Gasteiger partial charge in [0.25, 0.3) is 0 Å². The Bertz CT molecular complexity index is 1080. The lowest BCUT2D eigenvalue weighted by molar-refractivity contribution is -0.166. The van der Waals surface area contributed by atoms with E-state index in [0.717, 1.165) is 42.6 Å². The van der Waals surface area contributed by atoms with Gasteiger partial charge in [0.15, 0.2) is 5.41 Å². The van der Waals surface area contributed by atoms with Crippen LogP contribution < -0.4 is 0 Å². The first-order valence-corrected chi connectivity index (χ1v) is 15.2. The molecule has 1 saturated heterocycles. The van der Waals surface area contributed by atoms with Gasteiger partial charge in [0.2, 0.25) is 5.91 Å². The highest BCUT2D eigenvalue weighted by molar-refractivity contribution is 8.02. The Hall–Kier alpha value is -3.33. The van der Waals surface area contributed by atoms with Crippen molar-refractivity contribution in [2.24, 2.45) is 5.41 Å². The zero-order chi connectivity index (χ0) is 30.1. The smallest absolute Gasteiger partial charge is 0.416 e. The maximum Gasteiger partial charge on any atom is 0.416 e. The molecule has 8 nitrogen and oxygen atoms in total. The van der Waals surface area contributed by atoms with Gasteiger partial charge in [0.05, 0.1) is 20.3 Å². The zero-order valence-electron chi connectivity index (χ0n) is 24.6. The SMILES string of the molecule is C/C=C/CCCCC/C=C/C(=C\SCC)C(CCC(=O)N1C(=O)OC[C@@H]1Cc1ccccc1)(C(=O)OC)C(=O)OC. The largest absolute Gasteiger partial charge is 0.468 e. The molecule has 1 aromatic rings. The lowest BCUT2D eigenvalue weighted by atomic mass is 9.76. The summed E-state index contributed by atoms with van der Waals surface area (Å²) in [5, 5.41) is 1.75. The molecule has 1 aliphatic rings. The number of rotatable bonds is 17. The van der Waals surface area contributed by atoms with Crippen LogP contribution >= 0.6 is 11.8 Å². The molecule has 2 rings (SSSR count). The van der Waals surface area contributed by atoms with Crippen LogP contribution in [0.4, 0.5) is 4.79 Å². The van der Waals surface area contributed by atoms with Gasteiger partial charge in [-0.05, 0) is 67.7 Å². The van der Waals surface area contributed by atoms with Crippen molar-refractivity contribution < 1.29 is 33.4 Å². The highest BCUT2D eigenvalue weighted by Crippen LogP contribution is 2.39. The second kappa shape index (κ2) is 18.2. The number of carbonyl (C=O) groups is 4. The highest BCUT2D eigenvalue weighted by Gasteiger charge is 2.51. The van der Waals surface area contributed by atoms with E-state index in [1.165, 1.54) is 26.0 Å². The van der Waals surface area contributed by atoms with Crippen molar-refractivity contribution in [1.29, 1.82) is 0 Å². The maximum absolute atomic E-state index is 13.4. The topological polar surface area (TPSA) is 99.2 Å². The number of cyclic esters (lactones) is 1. The Labute approximate surface area is 248 Å². The number of imide groups is 1. The van der Waals surface area contributed by atoms with Gasteiger partial charge in [-0.25, -0.2) is 9.69 Å². The summed E-state index contributed by atoms with van der Waals surface area (Å²) in [5.74, 6) is -1.46. The van der Waals surface area contributed by atoms with Crippen LogP contribution in [-0.4, -0.2) is 61.5 Å². The summed E-state index contributed by atoms with van der Waals surface area (Å²) >= 11 is 1.43. The number of allylic oxidation sites excluding steroid dienone is 4. The van der Waals surface area contributed by atoms with Crippen molar-refractivity contribution in [3.8, 4) is 0 Å². The molecule has 1 heterocycles. The number of esters is 2. The van der Waals surface area contributed by atoms with E-state index < -0.39 is 35.4 Å². The molecule has 0 aliphatic carbocycles. The summed E-state index contributed by atoms with van der Waals surface area (Å²) in [6.07, 6.45) is 12.0. The molecular formula is C32H43NO7S. The van der Waals surface area contributed by atoms with Crippen molar-refractivity contribution in [3.63, 3.8) is 0 Å². The molecule has 41 heavy (non-hydrogen) atoms. The van der Waals surface area contributed by atoms with Gasteiger partial charge in [-0.1, -0.05) is 68.0 Å². The maximum atomic E-state index is 13.4. The summed E-state index contributed by atoms with van der Waals surface area (Å²) in [5.41, 5.74) is -0.516. The summed E-state index contributed by atoms with van der Waals surface area (Å²) in [6.45, 7) is 4.04. The van der Waals surface area contributed by atoms with Gasteiger partial charge in [-0.15, -0.1) is 11.8 Å². The summed E-state index contributed by atoms with van der Waals surface area (Å²) in [6, 6.07) is 9.02. The third-order valence-electron chi connectivity index (χ3n) is 6.97. The molecule has 0 bridgehead atoms. The molecule has 1 fully saturated rings. The molecule has 9 heteroatoms. The standard InChI is InChI=1S/C32H43NO7S/c1-5-7-8-9-10-11-12-16-19-26(24-41-6-2)32(29(35)38-3,30(36)39-4)21-20-28(34)33-27(23-40-31(33)37)22-25-17-14-13-15-18-25/h5,7,13-19,24,27H,6,8-12,20-23H2,1-4H3/b7-5+,19-16+,26-24+/t27-/m0/s1. The number of unbranched alkanes of at least 4 members (excludes halogenated alkanes) is 4. The van der Waals surface area contributed by atoms with E-state index >= 15 is 0 Å². The van der Waals surface area contributed by atoms with Gasteiger partial charge in [0, 0.05) is 6.42 Å². The molecule has 1 aliphatic heterocycles. The Kier molecular flexibility index (Phi) is 15.0. The van der Waals surface area contributed by atoms with Crippen LogP contribution in [0.5, 0.6) is 0 Å². The fourth-order valence-corrected chi connectivity index (χ4v) is 5.39. The molecule has 0 saturated carbocycles. The number of thioether (sulfide) groups is 1. The Morgan fingerprint density at radius 2 is 1.71 bits per heavy atom. The molecule has 224 valence electrons. The third-order valence-corrected chi connectivity index (χ3v) is 7.72. The van der Waals surface area contributed by atoms with Crippen LogP contribution in [0.2, 0.25) is 0 Å². The van der Waals surface area contributed by atoms with Gasteiger partial charge in [0.1, 0.15) is 6.61 Å². The van der Waals surface area contributed by atoms with Crippen molar-refractivity contribution in [2.45, 2.75) is 71.3 Å². The molecular weight excluding hydrogens is 542 g/mol. The minimum atomic E-state index is -1.87. The lowest BCUT2D eigenvalue weighted by Gasteiger charge is -2.30. The number of hydrogen-bond donors (Lipinski definition) is 0. The van der Waals surface area contributed by atoms with Crippen LogP contribution in [-0.2, 0) is 35.0 Å². The monoisotopic (exact) mass is 585 g/mol. The average molecular weight is 586 g/mol. The molecule has 0 aromatic heterocycles. The Balaban J connectivity index is 2.29. The van der Waals surface area contributed by atoms with Crippen molar-refractivity contribution >= 4 is 35.7 Å². The van der Waals surface area contributed by atoms with E-state index in [0.29, 0.717) is 17.7 Å². The number of ether oxygens (including phenoxy) is 3. The molecule has 0 radical (unpaired) electrons. The zero-order valence-corrected chi connectivity index (χ0v) is 25.5. The van der Waals surface area contributed by atoms with Crippen LogP contribution in [0.3, 0.4) is 0 Å². The number of hydrogen-bond acceptors (Lipinski definition) is 8. The minimum absolute atomic E-state index is 0.0778. The van der Waals surface area contributed by atoms with Crippen molar-refractivity contribution in [1.82, 2.24) is 4.90 Å². The van der Waals surface area contributed by atoms with E-state index in [1.807, 2.05) is 56.3 Å². The first kappa shape index (κ1) is 33.9. The van der Waals surface area contributed by atoms with Crippen LogP contribution in [0, 0.1) is 5.41 Å². The van der Waals surface area contributed by atoms with E-state index in [4.69, 9.17) is 14.2 Å². The summed E-state index contributed by atoms with van der Waals surface area (Å²) in [4.78, 5) is 53.8. The Morgan fingerprint density at radius 3 is 2.32 bits per heavy atom. The first-order valence-electron chi connectivity index (χ1n) is 14.1. The second-order valence-electron chi connectivity index (χ2n) is 9.71. The number of carbonyl (C=O) groups excluding carboxylic acids is 4. The van der Waals surface area contributed by atoms with Crippen LogP contribution in [0.15, 0.2) is 65.6 Å². The highest BCUT2D eigenvalue weighted by atomic mass is 32.2. The van der Waals surface area contributed by atoms with E-state index in [1.54, 1.807) is 11.5 Å². The summed E-state index contributed by atoms with van der Waals surface area (Å²) < 4.78 is 15.4. The summed E-state index contributed by atoms with van der Waals surface area (Å²) in [7, 11) is 2.41. The number of methoxy groups -OCH3 is 2. The van der Waals surface area contributed by atoms with Crippen LogP contribution in [0.1, 0.15) is 64.4 Å². The van der Waals surface area contributed by atoms with Gasteiger partial charge in [-0.2, -0.15) is 0 Å². The second-order valence-corrected chi connectivity index (χ2v) is 10.9. The quantitative estimate of drug-likeness (QED) is 0.0517. The Morgan fingerprint density at radius 1 is 1.05 bits per heavy atom. The van der Waals surface area contributed by atoms with Crippen LogP contribution in [0.25, 0.3) is 0 Å². The predicted molar refractivity (Wildman–Crippen MR) is 161 cm³/mol. The van der Waals surface area contributed by atoms with E-state index in [-0.39, 0.29) is 19.4 Å². The van der Waals surface area contributed by atoms with E-state index in [2.05, 4.69) is 6.08 Å². The van der Waals surface area contributed by atoms with Gasteiger partial charge < -0.3 is 14.2 Å². The number of nitrogens with zero attached hydrogens (tertiary/aromatic N) is 1. The minimum Gasteiger partial charge on any atom is -0.468 e. The fourth-order valence-electron chi connectivity index (χ4n) is 4.77. The molecule has 1 atom stereocenters. The molecule has 0 N–H and O–H groups in total. The average Bonchev–Trinajstić information content (AvgIpc) is 3.35. The number of benzene rings is 1. The molecule has 0 spiro atoms. The molecule has 1 aromatic carbocycles. The normalized spacial score (nSPS) is 15.9. The van der Waals surface area contributed by atoms with Gasteiger partial charge in [-0.3, -0.25) is 14.4 Å². The predicted octanol–water partition coefficient (Wildman–Crippen LogP) is 6.41. The van der Waals surface area contributed by atoms with Crippen molar-refractivity contribution in [3.05, 3.63) is 71.2 Å².